The van der Waals surface area contributed by atoms with Crippen LogP contribution in [0.1, 0.15) is 51.8 Å². The van der Waals surface area contributed by atoms with Crippen molar-refractivity contribution in [3.8, 4) is 5.75 Å². The molecule has 0 aliphatic carbocycles. The third kappa shape index (κ3) is 4.30. The Morgan fingerprint density at radius 2 is 2.17 bits per heavy atom. The Kier molecular flexibility index (Phi) is 6.73. The van der Waals surface area contributed by atoms with E-state index in [0.717, 1.165) is 30.8 Å². The Morgan fingerprint density at radius 1 is 1.39 bits per heavy atom. The number of pyridine rings is 1. The number of hydrogen-bond donors (Lipinski definition) is 1. The first-order valence-electron chi connectivity index (χ1n) is 6.95. The number of methoxy groups -OCH3 is 1. The minimum atomic E-state index is 0.288. The van der Waals surface area contributed by atoms with Crippen molar-refractivity contribution in [2.24, 2.45) is 5.92 Å². The van der Waals surface area contributed by atoms with Crippen LogP contribution >= 0.6 is 0 Å². The Labute approximate surface area is 111 Å². The number of nitrogens with zero attached hydrogens (tertiary/aromatic N) is 1. The van der Waals surface area contributed by atoms with E-state index in [1.807, 2.05) is 18.3 Å². The summed E-state index contributed by atoms with van der Waals surface area (Å²) in [4.78, 5) is 4.50. The third-order valence-corrected chi connectivity index (χ3v) is 3.33. The maximum atomic E-state index is 5.42. The molecule has 0 aromatic carbocycles. The summed E-state index contributed by atoms with van der Waals surface area (Å²) in [7, 11) is 1.71. The van der Waals surface area contributed by atoms with Crippen LogP contribution in [-0.4, -0.2) is 18.6 Å². The van der Waals surface area contributed by atoms with Crippen molar-refractivity contribution in [1.29, 1.82) is 0 Å². The predicted molar refractivity (Wildman–Crippen MR) is 75.9 cm³/mol. The van der Waals surface area contributed by atoms with E-state index in [0.29, 0.717) is 5.92 Å². The van der Waals surface area contributed by atoms with E-state index in [1.54, 1.807) is 7.11 Å². The van der Waals surface area contributed by atoms with Crippen molar-refractivity contribution in [1.82, 2.24) is 10.3 Å². The molecule has 102 valence electrons. The predicted octanol–water partition coefficient (Wildman–Crippen LogP) is 3.57. The van der Waals surface area contributed by atoms with E-state index in [-0.39, 0.29) is 6.04 Å². The van der Waals surface area contributed by atoms with Crippen LogP contribution in [0.3, 0.4) is 0 Å². The standard InChI is InChI=1S/C15H26N2O/c1-5-9-16-13(11-12(3)6-2)15-14(18-4)8-7-10-17-15/h7-8,10,12-13,16H,5-6,9,11H2,1-4H3. The minimum Gasteiger partial charge on any atom is -0.495 e. The molecule has 0 bridgehead atoms. The van der Waals surface area contributed by atoms with E-state index in [4.69, 9.17) is 4.74 Å². The quantitative estimate of drug-likeness (QED) is 0.766. The summed E-state index contributed by atoms with van der Waals surface area (Å²) >= 11 is 0. The van der Waals surface area contributed by atoms with Gasteiger partial charge < -0.3 is 10.1 Å². The lowest BCUT2D eigenvalue weighted by atomic mass is 9.96. The summed E-state index contributed by atoms with van der Waals surface area (Å²) in [5.74, 6) is 1.57. The maximum Gasteiger partial charge on any atom is 0.141 e. The maximum absolute atomic E-state index is 5.42. The zero-order valence-electron chi connectivity index (χ0n) is 12.1. The fourth-order valence-corrected chi connectivity index (χ4v) is 2.02. The highest BCUT2D eigenvalue weighted by molar-refractivity contribution is 5.29. The molecule has 1 aromatic rings. The van der Waals surface area contributed by atoms with Crippen LogP contribution in [0.4, 0.5) is 0 Å². The highest BCUT2D eigenvalue weighted by atomic mass is 16.5. The molecule has 2 unspecified atom stereocenters. The molecular weight excluding hydrogens is 224 g/mol. The van der Waals surface area contributed by atoms with Crippen molar-refractivity contribution < 1.29 is 4.74 Å². The van der Waals surface area contributed by atoms with Crippen LogP contribution in [0.25, 0.3) is 0 Å². The molecule has 0 spiro atoms. The number of hydrogen-bond acceptors (Lipinski definition) is 3. The lowest BCUT2D eigenvalue weighted by Crippen LogP contribution is -2.25. The van der Waals surface area contributed by atoms with Gasteiger partial charge in [-0.15, -0.1) is 0 Å². The second kappa shape index (κ2) is 8.09. The molecular formula is C15H26N2O. The largest absolute Gasteiger partial charge is 0.495 e. The Balaban J connectivity index is 2.85. The van der Waals surface area contributed by atoms with Gasteiger partial charge in [0.05, 0.1) is 18.8 Å². The lowest BCUT2D eigenvalue weighted by Gasteiger charge is -2.22. The van der Waals surface area contributed by atoms with Crippen molar-refractivity contribution in [3.05, 3.63) is 24.0 Å². The monoisotopic (exact) mass is 250 g/mol. The van der Waals surface area contributed by atoms with Gasteiger partial charge in [0.2, 0.25) is 0 Å². The van der Waals surface area contributed by atoms with Crippen molar-refractivity contribution in [3.63, 3.8) is 0 Å². The van der Waals surface area contributed by atoms with Crippen LogP contribution in [0, 0.1) is 5.92 Å². The molecule has 1 aromatic heterocycles. The van der Waals surface area contributed by atoms with E-state index in [2.05, 4.69) is 31.1 Å². The summed E-state index contributed by atoms with van der Waals surface area (Å²) in [6, 6.07) is 4.19. The average molecular weight is 250 g/mol. The number of nitrogens with one attached hydrogen (secondary N) is 1. The zero-order chi connectivity index (χ0) is 13.4. The van der Waals surface area contributed by atoms with Gasteiger partial charge in [0.25, 0.3) is 0 Å². The first kappa shape index (κ1) is 15.0. The molecule has 0 saturated heterocycles. The minimum absolute atomic E-state index is 0.288. The molecule has 0 aliphatic rings. The Morgan fingerprint density at radius 3 is 2.78 bits per heavy atom. The number of ether oxygens (including phenoxy) is 1. The highest BCUT2D eigenvalue weighted by Crippen LogP contribution is 2.28. The molecule has 0 amide bonds. The summed E-state index contributed by atoms with van der Waals surface area (Å²) < 4.78 is 5.42. The van der Waals surface area contributed by atoms with Gasteiger partial charge in [-0.05, 0) is 37.4 Å². The molecule has 0 fully saturated rings. The molecule has 0 aliphatic heterocycles. The van der Waals surface area contributed by atoms with Crippen LogP contribution in [0.15, 0.2) is 18.3 Å². The molecule has 2 atom stereocenters. The van der Waals surface area contributed by atoms with E-state index in [1.165, 1.54) is 6.42 Å². The Hall–Kier alpha value is -1.09. The van der Waals surface area contributed by atoms with Gasteiger partial charge in [-0.25, -0.2) is 0 Å². The van der Waals surface area contributed by atoms with E-state index >= 15 is 0 Å². The smallest absolute Gasteiger partial charge is 0.141 e. The molecule has 0 saturated carbocycles. The molecule has 1 heterocycles. The normalized spacial score (nSPS) is 14.2. The van der Waals surface area contributed by atoms with Gasteiger partial charge in [-0.2, -0.15) is 0 Å². The van der Waals surface area contributed by atoms with Crippen LogP contribution in [0.5, 0.6) is 5.75 Å². The molecule has 3 nitrogen and oxygen atoms in total. The SMILES string of the molecule is CCCNC(CC(C)CC)c1ncccc1OC. The lowest BCUT2D eigenvalue weighted by molar-refractivity contribution is 0.364. The van der Waals surface area contributed by atoms with Gasteiger partial charge in [0.15, 0.2) is 0 Å². The average Bonchev–Trinajstić information content (AvgIpc) is 2.43. The molecule has 18 heavy (non-hydrogen) atoms. The van der Waals surface area contributed by atoms with E-state index in [9.17, 15) is 0 Å². The van der Waals surface area contributed by atoms with E-state index < -0.39 is 0 Å². The number of aromatic nitrogens is 1. The van der Waals surface area contributed by atoms with Crippen molar-refractivity contribution in [2.45, 2.75) is 46.1 Å². The fourth-order valence-electron chi connectivity index (χ4n) is 2.02. The third-order valence-electron chi connectivity index (χ3n) is 3.33. The van der Waals surface area contributed by atoms with Gasteiger partial charge in [0, 0.05) is 6.20 Å². The van der Waals surface area contributed by atoms with Gasteiger partial charge in [0.1, 0.15) is 5.75 Å². The topological polar surface area (TPSA) is 34.2 Å². The second-order valence-corrected chi connectivity index (χ2v) is 4.85. The molecule has 3 heteroatoms. The second-order valence-electron chi connectivity index (χ2n) is 4.85. The van der Waals surface area contributed by atoms with Gasteiger partial charge in [-0.1, -0.05) is 27.2 Å². The first-order chi connectivity index (χ1) is 8.72. The molecule has 1 N–H and O–H groups in total. The van der Waals surface area contributed by atoms with Crippen molar-refractivity contribution in [2.75, 3.05) is 13.7 Å². The van der Waals surface area contributed by atoms with Crippen LogP contribution in [-0.2, 0) is 0 Å². The first-order valence-corrected chi connectivity index (χ1v) is 6.95. The van der Waals surface area contributed by atoms with Crippen molar-refractivity contribution >= 4 is 0 Å². The van der Waals surface area contributed by atoms with Gasteiger partial charge >= 0.3 is 0 Å². The molecule has 1 rings (SSSR count). The van der Waals surface area contributed by atoms with Crippen LogP contribution < -0.4 is 10.1 Å². The zero-order valence-corrected chi connectivity index (χ0v) is 12.1. The summed E-state index contributed by atoms with van der Waals surface area (Å²) in [5, 5.41) is 3.58. The van der Waals surface area contributed by atoms with Crippen LogP contribution in [0.2, 0.25) is 0 Å². The summed E-state index contributed by atoms with van der Waals surface area (Å²) in [5.41, 5.74) is 1.04. The molecule has 0 radical (unpaired) electrons. The summed E-state index contributed by atoms with van der Waals surface area (Å²) in [6.45, 7) is 7.72. The Bertz CT molecular complexity index is 341. The van der Waals surface area contributed by atoms with Gasteiger partial charge in [-0.3, -0.25) is 4.98 Å². The highest BCUT2D eigenvalue weighted by Gasteiger charge is 2.18. The summed E-state index contributed by atoms with van der Waals surface area (Å²) in [6.07, 6.45) is 5.27. The number of rotatable bonds is 8. The fraction of sp³-hybridized carbons (Fsp3) is 0.667.